The van der Waals surface area contributed by atoms with E-state index in [1.165, 1.54) is 25.9 Å². The summed E-state index contributed by atoms with van der Waals surface area (Å²) >= 11 is 0. The highest BCUT2D eigenvalue weighted by Crippen LogP contribution is 2.27. The van der Waals surface area contributed by atoms with Gasteiger partial charge in [-0.2, -0.15) is 0 Å². The van der Waals surface area contributed by atoms with Gasteiger partial charge in [-0.3, -0.25) is 0 Å². The summed E-state index contributed by atoms with van der Waals surface area (Å²) in [4.78, 5) is 2.41. The van der Waals surface area contributed by atoms with Crippen molar-refractivity contribution in [2.45, 2.75) is 18.9 Å². The van der Waals surface area contributed by atoms with Gasteiger partial charge < -0.3 is 9.64 Å². The lowest BCUT2D eigenvalue weighted by Gasteiger charge is -2.31. The van der Waals surface area contributed by atoms with E-state index in [-0.39, 0.29) is 0 Å². The lowest BCUT2D eigenvalue weighted by molar-refractivity contribution is 0.0428. The first-order chi connectivity index (χ1) is 4.86. The molecule has 0 radical (unpaired) electrons. The van der Waals surface area contributed by atoms with Crippen molar-refractivity contribution >= 4 is 0 Å². The number of ether oxygens (including phenoxy) is 1. The van der Waals surface area contributed by atoms with E-state index >= 15 is 0 Å². The molecule has 2 aliphatic heterocycles. The predicted octanol–water partition coefficient (Wildman–Crippen LogP) is 0.727. The molecule has 2 atom stereocenters. The molecule has 0 spiro atoms. The molecule has 0 unspecified atom stereocenters. The van der Waals surface area contributed by atoms with E-state index in [9.17, 15) is 0 Å². The molecular formula is C8H15NO. The van der Waals surface area contributed by atoms with Crippen molar-refractivity contribution in [3.63, 3.8) is 0 Å². The van der Waals surface area contributed by atoms with Crippen molar-refractivity contribution in [3.05, 3.63) is 0 Å². The van der Waals surface area contributed by atoms with Crippen molar-refractivity contribution in [2.75, 3.05) is 26.7 Å². The highest BCUT2D eigenvalue weighted by atomic mass is 16.5. The fourth-order valence-electron chi connectivity index (χ4n) is 2.06. The zero-order valence-corrected chi connectivity index (χ0v) is 6.55. The second kappa shape index (κ2) is 2.51. The fourth-order valence-corrected chi connectivity index (χ4v) is 2.06. The van der Waals surface area contributed by atoms with Gasteiger partial charge in [0, 0.05) is 25.6 Å². The predicted molar refractivity (Wildman–Crippen MR) is 40.0 cm³/mol. The largest absolute Gasteiger partial charge is 0.378 e. The normalized spacial score (nSPS) is 41.7. The number of hydrogen-bond donors (Lipinski definition) is 0. The van der Waals surface area contributed by atoms with Crippen molar-refractivity contribution < 1.29 is 4.74 Å². The summed E-state index contributed by atoms with van der Waals surface area (Å²) in [5.74, 6) is 0.846. The molecule has 0 aromatic carbocycles. The third-order valence-corrected chi connectivity index (χ3v) is 2.69. The molecule has 0 amide bonds. The Balaban J connectivity index is 1.96. The minimum Gasteiger partial charge on any atom is -0.378 e. The highest BCUT2D eigenvalue weighted by Gasteiger charge is 2.32. The van der Waals surface area contributed by atoms with Crippen LogP contribution in [0.15, 0.2) is 0 Å². The lowest BCUT2D eigenvalue weighted by Crippen LogP contribution is -2.38. The van der Waals surface area contributed by atoms with Crippen LogP contribution in [0.3, 0.4) is 0 Å². The van der Waals surface area contributed by atoms with Crippen LogP contribution >= 0.6 is 0 Å². The van der Waals surface area contributed by atoms with Crippen molar-refractivity contribution in [1.29, 1.82) is 0 Å². The molecule has 2 aliphatic rings. The summed E-state index contributed by atoms with van der Waals surface area (Å²) < 4.78 is 5.58. The first-order valence-electron chi connectivity index (χ1n) is 4.16. The monoisotopic (exact) mass is 141 g/mol. The standard InChI is InChI=1S/C8H15NO/c1-9-4-2-8-7(6-9)3-5-10-8/h7-8H,2-6H2,1H3/t7-,8+/m0/s1. The van der Waals surface area contributed by atoms with Gasteiger partial charge in [-0.1, -0.05) is 0 Å². The van der Waals surface area contributed by atoms with E-state index in [0.717, 1.165) is 12.5 Å². The van der Waals surface area contributed by atoms with Crippen LogP contribution < -0.4 is 0 Å². The van der Waals surface area contributed by atoms with Crippen molar-refractivity contribution in [1.82, 2.24) is 4.90 Å². The number of piperidine rings is 1. The van der Waals surface area contributed by atoms with Crippen LogP contribution in [0.5, 0.6) is 0 Å². The van der Waals surface area contributed by atoms with E-state index in [1.807, 2.05) is 0 Å². The topological polar surface area (TPSA) is 12.5 Å². The number of likely N-dealkylation sites (tertiary alicyclic amines) is 1. The van der Waals surface area contributed by atoms with Crippen LogP contribution in [0.2, 0.25) is 0 Å². The molecular weight excluding hydrogens is 126 g/mol. The lowest BCUT2D eigenvalue weighted by atomic mass is 9.95. The van der Waals surface area contributed by atoms with Gasteiger partial charge in [0.15, 0.2) is 0 Å². The molecule has 0 N–H and O–H groups in total. The molecule has 0 bridgehead atoms. The first-order valence-corrected chi connectivity index (χ1v) is 4.16. The highest BCUT2D eigenvalue weighted by molar-refractivity contribution is 4.83. The number of fused-ring (bicyclic) bond motifs is 1. The SMILES string of the molecule is CN1CC[C@H]2OCC[C@H]2C1. The summed E-state index contributed by atoms with van der Waals surface area (Å²) in [5.41, 5.74) is 0. The van der Waals surface area contributed by atoms with E-state index < -0.39 is 0 Å². The van der Waals surface area contributed by atoms with Gasteiger partial charge in [0.25, 0.3) is 0 Å². The van der Waals surface area contributed by atoms with Crippen LogP contribution in [0.4, 0.5) is 0 Å². The Kier molecular flexibility index (Phi) is 1.66. The van der Waals surface area contributed by atoms with E-state index in [2.05, 4.69) is 11.9 Å². The maximum Gasteiger partial charge on any atom is 0.0628 e. The number of rotatable bonds is 0. The van der Waals surface area contributed by atoms with Gasteiger partial charge in [-0.05, 0) is 19.9 Å². The Bertz CT molecular complexity index is 126. The number of hydrogen-bond acceptors (Lipinski definition) is 2. The molecule has 2 nitrogen and oxygen atoms in total. The van der Waals surface area contributed by atoms with Crippen molar-refractivity contribution in [3.8, 4) is 0 Å². The molecule has 0 aromatic heterocycles. The number of nitrogens with zero attached hydrogens (tertiary/aromatic N) is 1. The summed E-state index contributed by atoms with van der Waals surface area (Å²) in [7, 11) is 2.20. The van der Waals surface area contributed by atoms with Crippen LogP contribution in [-0.2, 0) is 4.74 Å². The average molecular weight is 141 g/mol. The molecule has 2 heteroatoms. The van der Waals surface area contributed by atoms with Crippen LogP contribution in [0, 0.1) is 5.92 Å². The molecule has 10 heavy (non-hydrogen) atoms. The third kappa shape index (κ3) is 1.06. The molecule has 2 saturated heterocycles. The van der Waals surface area contributed by atoms with Gasteiger partial charge in [0.1, 0.15) is 0 Å². The van der Waals surface area contributed by atoms with Crippen LogP contribution in [-0.4, -0.2) is 37.7 Å². The fraction of sp³-hybridized carbons (Fsp3) is 1.00. The molecule has 0 saturated carbocycles. The third-order valence-electron chi connectivity index (χ3n) is 2.69. The van der Waals surface area contributed by atoms with Crippen LogP contribution in [0.1, 0.15) is 12.8 Å². The summed E-state index contributed by atoms with van der Waals surface area (Å²) in [6.07, 6.45) is 3.15. The van der Waals surface area contributed by atoms with Crippen molar-refractivity contribution in [2.24, 2.45) is 5.92 Å². The van der Waals surface area contributed by atoms with Crippen LogP contribution in [0.25, 0.3) is 0 Å². The molecule has 2 rings (SSSR count). The quantitative estimate of drug-likeness (QED) is 0.493. The minimum atomic E-state index is 0.608. The maximum atomic E-state index is 5.58. The molecule has 58 valence electrons. The molecule has 0 aromatic rings. The molecule has 0 aliphatic carbocycles. The summed E-state index contributed by atoms with van der Waals surface area (Å²) in [5, 5.41) is 0. The molecule has 2 fully saturated rings. The summed E-state index contributed by atoms with van der Waals surface area (Å²) in [6.45, 7) is 3.48. The first kappa shape index (κ1) is 6.62. The zero-order valence-electron chi connectivity index (χ0n) is 6.55. The summed E-state index contributed by atoms with van der Waals surface area (Å²) in [6, 6.07) is 0. The average Bonchev–Trinajstić information content (AvgIpc) is 2.33. The van der Waals surface area contributed by atoms with Gasteiger partial charge in [-0.15, -0.1) is 0 Å². The Hall–Kier alpha value is -0.0800. The van der Waals surface area contributed by atoms with E-state index in [0.29, 0.717) is 6.10 Å². The Labute approximate surface area is 62.2 Å². The zero-order chi connectivity index (χ0) is 6.97. The van der Waals surface area contributed by atoms with Gasteiger partial charge in [0.05, 0.1) is 6.10 Å². The Morgan fingerprint density at radius 2 is 2.30 bits per heavy atom. The minimum absolute atomic E-state index is 0.608. The van der Waals surface area contributed by atoms with E-state index in [4.69, 9.17) is 4.74 Å². The smallest absolute Gasteiger partial charge is 0.0628 e. The Morgan fingerprint density at radius 1 is 1.40 bits per heavy atom. The second-order valence-electron chi connectivity index (χ2n) is 3.51. The maximum absolute atomic E-state index is 5.58. The van der Waals surface area contributed by atoms with E-state index in [1.54, 1.807) is 0 Å². The van der Waals surface area contributed by atoms with Gasteiger partial charge in [0.2, 0.25) is 0 Å². The van der Waals surface area contributed by atoms with Gasteiger partial charge in [-0.25, -0.2) is 0 Å². The molecule has 2 heterocycles. The second-order valence-corrected chi connectivity index (χ2v) is 3.51. The van der Waals surface area contributed by atoms with Gasteiger partial charge >= 0.3 is 0 Å². The Morgan fingerprint density at radius 3 is 3.20 bits per heavy atom.